The molecular weight excluding hydrogens is 352 g/mol. The maximum atomic E-state index is 10.8. The van der Waals surface area contributed by atoms with Gasteiger partial charge in [0.1, 0.15) is 11.5 Å². The molecule has 138 valence electrons. The van der Waals surface area contributed by atoms with E-state index in [0.29, 0.717) is 0 Å². The zero-order chi connectivity index (χ0) is 19.5. The number of Topliss-reactive ketones (excluding diaryl/α,β-unsaturated/α-hetero) is 1. The van der Waals surface area contributed by atoms with Crippen LogP contribution in [-0.2, 0) is 13.1 Å². The lowest BCUT2D eigenvalue weighted by atomic mass is 10.1. The van der Waals surface area contributed by atoms with Gasteiger partial charge in [-0.25, -0.2) is 0 Å². The van der Waals surface area contributed by atoms with Crippen molar-refractivity contribution < 1.29 is 15.0 Å². The van der Waals surface area contributed by atoms with Crippen LogP contribution >= 0.6 is 11.6 Å². The number of fused-ring (bicyclic) bond motifs is 1. The highest BCUT2D eigenvalue weighted by Crippen LogP contribution is 2.30. The van der Waals surface area contributed by atoms with Crippen molar-refractivity contribution in [3.63, 3.8) is 0 Å². The van der Waals surface area contributed by atoms with Crippen molar-refractivity contribution in [3.8, 4) is 24.0 Å². The molecule has 1 heterocycles. The summed E-state index contributed by atoms with van der Waals surface area (Å²) in [6.45, 7) is 6.23. The Kier molecular flexibility index (Phi) is 9.07. The van der Waals surface area contributed by atoms with Crippen molar-refractivity contribution in [2.75, 3.05) is 6.54 Å². The second-order valence-corrected chi connectivity index (χ2v) is 5.83. The highest BCUT2D eigenvalue weighted by atomic mass is 35.5. The number of rotatable bonds is 2. The summed E-state index contributed by atoms with van der Waals surface area (Å²) < 4.78 is 0. The molecule has 3 rings (SSSR count). The van der Waals surface area contributed by atoms with Crippen molar-refractivity contribution in [1.82, 2.24) is 10.6 Å². The molecule has 6 heteroatoms. The monoisotopic (exact) mass is 374 g/mol. The molecular formula is C20H23ClN2O3. The van der Waals surface area contributed by atoms with E-state index in [0.717, 1.165) is 25.7 Å². The van der Waals surface area contributed by atoms with Gasteiger partial charge in [0.05, 0.1) is 10.6 Å². The van der Waals surface area contributed by atoms with Crippen molar-refractivity contribution in [2.24, 2.45) is 0 Å². The number of hydrogen-bond donors (Lipinski definition) is 4. The first-order chi connectivity index (χ1) is 12.4. The average Bonchev–Trinajstić information content (AvgIpc) is 3.08. The Labute approximate surface area is 159 Å². The lowest BCUT2D eigenvalue weighted by Gasteiger charge is -2.02. The topological polar surface area (TPSA) is 81.6 Å². The number of hydrogen-bond acceptors (Lipinski definition) is 5. The van der Waals surface area contributed by atoms with Gasteiger partial charge in [0, 0.05) is 31.7 Å². The quantitative estimate of drug-likeness (QED) is 0.368. The van der Waals surface area contributed by atoms with Gasteiger partial charge < -0.3 is 20.8 Å². The molecule has 0 saturated heterocycles. The smallest absolute Gasteiger partial charge is 0.163 e. The van der Waals surface area contributed by atoms with E-state index in [2.05, 4.69) is 40.9 Å². The van der Waals surface area contributed by atoms with Crippen molar-refractivity contribution in [3.05, 3.63) is 58.1 Å². The van der Waals surface area contributed by atoms with E-state index in [9.17, 15) is 4.79 Å². The van der Waals surface area contributed by atoms with Crippen LogP contribution in [0.25, 0.3) is 0 Å². The molecule has 0 saturated carbocycles. The zero-order valence-electron chi connectivity index (χ0n) is 14.8. The Morgan fingerprint density at radius 3 is 2.23 bits per heavy atom. The van der Waals surface area contributed by atoms with E-state index in [1.54, 1.807) is 0 Å². The molecule has 0 amide bonds. The van der Waals surface area contributed by atoms with Gasteiger partial charge in [0.2, 0.25) is 0 Å². The van der Waals surface area contributed by atoms with E-state index >= 15 is 0 Å². The summed E-state index contributed by atoms with van der Waals surface area (Å²) in [5, 5.41) is 24.1. The number of carbonyl (C=O) groups excluding carboxylic acids is 1. The predicted octanol–water partition coefficient (Wildman–Crippen LogP) is 3.43. The minimum absolute atomic E-state index is 0.0537. The molecule has 0 spiro atoms. The fraction of sp³-hybridized carbons (Fsp3) is 0.250. The summed E-state index contributed by atoms with van der Waals surface area (Å²) >= 11 is 5.52. The number of aromatic hydroxyl groups is 2. The van der Waals surface area contributed by atoms with Gasteiger partial charge in [-0.15, -0.1) is 0 Å². The minimum atomic E-state index is -0.297. The first-order valence-corrected chi connectivity index (χ1v) is 8.46. The number of phenols is 2. The van der Waals surface area contributed by atoms with Crippen LogP contribution in [0, 0.1) is 12.5 Å². The summed E-state index contributed by atoms with van der Waals surface area (Å²) in [7, 11) is 0. The normalized spacial score (nSPS) is 11.0. The Balaban J connectivity index is 0.000000213. The van der Waals surface area contributed by atoms with E-state index in [1.165, 1.54) is 24.1 Å². The molecule has 5 nitrogen and oxygen atoms in total. The van der Waals surface area contributed by atoms with Gasteiger partial charge in [-0.1, -0.05) is 42.3 Å². The predicted molar refractivity (Wildman–Crippen MR) is 104 cm³/mol. The van der Waals surface area contributed by atoms with Crippen molar-refractivity contribution in [1.29, 1.82) is 0 Å². The van der Waals surface area contributed by atoms with Gasteiger partial charge in [0.15, 0.2) is 5.78 Å². The molecule has 1 aliphatic heterocycles. The summed E-state index contributed by atoms with van der Waals surface area (Å²) in [5.74, 6) is -0.794. The minimum Gasteiger partial charge on any atom is -0.507 e. The number of nitrogens with one attached hydrogen (secondary N) is 2. The molecule has 4 N–H and O–H groups in total. The number of terminal acetylenes is 1. The Bertz CT molecular complexity index is 762. The molecule has 0 bridgehead atoms. The van der Waals surface area contributed by atoms with E-state index in [-0.39, 0.29) is 27.9 Å². The molecule has 0 atom stereocenters. The number of ketones is 1. The van der Waals surface area contributed by atoms with Gasteiger partial charge in [-0.05, 0) is 31.0 Å². The second kappa shape index (κ2) is 11.0. The summed E-state index contributed by atoms with van der Waals surface area (Å²) in [4.78, 5) is 10.8. The van der Waals surface area contributed by atoms with E-state index in [4.69, 9.17) is 28.2 Å². The van der Waals surface area contributed by atoms with Gasteiger partial charge >= 0.3 is 0 Å². The van der Waals surface area contributed by atoms with Crippen LogP contribution in [0.1, 0.15) is 35.3 Å². The first-order valence-electron chi connectivity index (χ1n) is 8.09. The van der Waals surface area contributed by atoms with Gasteiger partial charge in [-0.2, -0.15) is 0 Å². The standard InChI is InChI=1S/C8H7ClO3.C8H9N.C4H7N/c1-4(10)5-2-6(9)8(12)3-7(5)11;1-2-4-8-6-9-5-7(8)3-1;1-3-5-4-2/h2-3,11-12H,1H3;1-4,9H,5-6H2;1,5H,4H2,2H3. The fourth-order valence-electron chi connectivity index (χ4n) is 2.17. The van der Waals surface area contributed by atoms with Crippen LogP contribution in [0.5, 0.6) is 11.5 Å². The third-order valence-electron chi connectivity index (χ3n) is 3.47. The highest BCUT2D eigenvalue weighted by molar-refractivity contribution is 6.32. The summed E-state index contributed by atoms with van der Waals surface area (Å²) in [6, 6.07) is 13.1. The van der Waals surface area contributed by atoms with E-state index in [1.807, 2.05) is 6.92 Å². The van der Waals surface area contributed by atoms with Crippen LogP contribution in [0.3, 0.4) is 0 Å². The second-order valence-electron chi connectivity index (χ2n) is 5.42. The van der Waals surface area contributed by atoms with Gasteiger partial charge in [-0.3, -0.25) is 4.79 Å². The number of carbonyl (C=O) groups is 1. The van der Waals surface area contributed by atoms with Gasteiger partial charge in [0.25, 0.3) is 0 Å². The number of phenolic OH excluding ortho intramolecular Hbond substituents is 2. The molecule has 0 radical (unpaired) electrons. The molecule has 26 heavy (non-hydrogen) atoms. The Morgan fingerprint density at radius 2 is 1.81 bits per heavy atom. The molecule has 2 aromatic rings. The van der Waals surface area contributed by atoms with Crippen LogP contribution in [-0.4, -0.2) is 22.5 Å². The van der Waals surface area contributed by atoms with Crippen LogP contribution in [0.15, 0.2) is 36.4 Å². The number of benzene rings is 2. The maximum absolute atomic E-state index is 10.8. The zero-order valence-corrected chi connectivity index (χ0v) is 15.6. The summed E-state index contributed by atoms with van der Waals surface area (Å²) in [6.07, 6.45) is 4.78. The van der Waals surface area contributed by atoms with Crippen LogP contribution < -0.4 is 10.6 Å². The Morgan fingerprint density at radius 1 is 1.23 bits per heavy atom. The highest BCUT2D eigenvalue weighted by Gasteiger charge is 2.10. The maximum Gasteiger partial charge on any atom is 0.163 e. The SMILES string of the molecule is C#CNCC.CC(=O)c1cc(Cl)c(O)cc1O.c1ccc2c(c1)CNC2. The molecule has 0 fully saturated rings. The average molecular weight is 375 g/mol. The largest absolute Gasteiger partial charge is 0.507 e. The Hall–Kier alpha value is -2.68. The fourth-order valence-corrected chi connectivity index (χ4v) is 2.33. The van der Waals surface area contributed by atoms with Crippen LogP contribution in [0.2, 0.25) is 5.02 Å². The molecule has 0 aliphatic carbocycles. The molecule has 2 aromatic carbocycles. The summed E-state index contributed by atoms with van der Waals surface area (Å²) in [5.41, 5.74) is 3.02. The van der Waals surface area contributed by atoms with Crippen LogP contribution in [0.4, 0.5) is 0 Å². The first kappa shape index (κ1) is 21.4. The van der Waals surface area contributed by atoms with Crippen molar-refractivity contribution in [2.45, 2.75) is 26.9 Å². The molecule has 1 aliphatic rings. The third-order valence-corrected chi connectivity index (χ3v) is 3.78. The van der Waals surface area contributed by atoms with Crippen molar-refractivity contribution >= 4 is 17.4 Å². The van der Waals surface area contributed by atoms with E-state index < -0.39 is 0 Å². The third kappa shape index (κ3) is 6.67. The number of halogens is 1. The molecule has 0 aromatic heterocycles. The molecule has 0 unspecified atom stereocenters. The lowest BCUT2D eigenvalue weighted by Crippen LogP contribution is -2.00. The lowest BCUT2D eigenvalue weighted by molar-refractivity contribution is 0.101.